The first kappa shape index (κ1) is 15.7. The Morgan fingerprint density at radius 2 is 1.77 bits per heavy atom. The highest BCUT2D eigenvalue weighted by atomic mass is 35.5. The molecule has 0 radical (unpaired) electrons. The molecule has 1 N–H and O–H groups in total. The topological polar surface area (TPSA) is 55.1 Å². The molecule has 6 heteroatoms. The number of fused-ring (bicyclic) bond motifs is 3. The van der Waals surface area contributed by atoms with Crippen molar-refractivity contribution >= 4 is 17.3 Å². The zero-order valence-electron chi connectivity index (χ0n) is 14.2. The number of aliphatic imine (C=N–C) groups is 1. The molecule has 0 atom stereocenters. The second kappa shape index (κ2) is 6.34. The van der Waals surface area contributed by atoms with Crippen LogP contribution in [0.25, 0.3) is 5.69 Å². The van der Waals surface area contributed by atoms with Crippen LogP contribution >= 0.6 is 11.6 Å². The summed E-state index contributed by atoms with van der Waals surface area (Å²) in [7, 11) is 0. The maximum atomic E-state index is 6.46. The van der Waals surface area contributed by atoms with E-state index >= 15 is 0 Å². The van der Waals surface area contributed by atoms with E-state index in [1.54, 1.807) is 0 Å². The van der Waals surface area contributed by atoms with Gasteiger partial charge in [0.15, 0.2) is 11.6 Å². The molecule has 1 aliphatic carbocycles. The van der Waals surface area contributed by atoms with E-state index in [4.69, 9.17) is 16.6 Å². The Morgan fingerprint density at radius 1 is 1.00 bits per heavy atom. The van der Waals surface area contributed by atoms with Gasteiger partial charge in [-0.15, -0.1) is 10.2 Å². The SMILES string of the molecule is Clc1ccccc1C1=NCc2nnc(CNC3CC3)n2-c2ccccc21. The molecule has 5 nitrogen and oxygen atoms in total. The van der Waals surface area contributed by atoms with Gasteiger partial charge in [0.1, 0.15) is 6.54 Å². The minimum absolute atomic E-state index is 0.478. The minimum atomic E-state index is 0.478. The third-order valence-electron chi connectivity index (χ3n) is 4.83. The van der Waals surface area contributed by atoms with Gasteiger partial charge < -0.3 is 5.32 Å². The Balaban J connectivity index is 1.63. The third-order valence-corrected chi connectivity index (χ3v) is 5.16. The highest BCUT2D eigenvalue weighted by Gasteiger charge is 2.25. The second-order valence-corrected chi connectivity index (χ2v) is 7.09. The van der Waals surface area contributed by atoms with Gasteiger partial charge in [0.25, 0.3) is 0 Å². The van der Waals surface area contributed by atoms with E-state index in [2.05, 4.69) is 32.2 Å². The Labute approximate surface area is 156 Å². The summed E-state index contributed by atoms with van der Waals surface area (Å²) >= 11 is 6.46. The largest absolute Gasteiger partial charge is 0.307 e. The number of benzene rings is 2. The minimum Gasteiger partial charge on any atom is -0.307 e. The summed E-state index contributed by atoms with van der Waals surface area (Å²) in [4.78, 5) is 4.85. The molecule has 1 fully saturated rings. The fourth-order valence-corrected chi connectivity index (χ4v) is 3.58. The molecule has 2 aliphatic rings. The summed E-state index contributed by atoms with van der Waals surface area (Å²) < 4.78 is 2.14. The van der Waals surface area contributed by atoms with Crippen LogP contribution in [0, 0.1) is 0 Å². The monoisotopic (exact) mass is 363 g/mol. The van der Waals surface area contributed by atoms with Gasteiger partial charge >= 0.3 is 0 Å². The van der Waals surface area contributed by atoms with Gasteiger partial charge in [-0.25, -0.2) is 0 Å². The van der Waals surface area contributed by atoms with Crippen molar-refractivity contribution in [2.75, 3.05) is 0 Å². The van der Waals surface area contributed by atoms with Crippen molar-refractivity contribution in [2.45, 2.75) is 32.0 Å². The average molecular weight is 364 g/mol. The number of nitrogens with one attached hydrogen (secondary N) is 1. The molecule has 2 heterocycles. The number of aromatic nitrogens is 3. The molecule has 0 unspecified atom stereocenters. The lowest BCUT2D eigenvalue weighted by atomic mass is 10.0. The van der Waals surface area contributed by atoms with Crippen LogP contribution in [0.15, 0.2) is 53.5 Å². The summed E-state index contributed by atoms with van der Waals surface area (Å²) in [6, 6.07) is 16.7. The molecule has 1 saturated carbocycles. The van der Waals surface area contributed by atoms with Gasteiger partial charge in [-0.1, -0.05) is 48.0 Å². The van der Waals surface area contributed by atoms with Crippen molar-refractivity contribution in [3.8, 4) is 5.69 Å². The molecule has 130 valence electrons. The van der Waals surface area contributed by atoms with Crippen LogP contribution in [0.4, 0.5) is 0 Å². The molecule has 2 aromatic carbocycles. The van der Waals surface area contributed by atoms with Crippen LogP contribution in [-0.2, 0) is 13.1 Å². The van der Waals surface area contributed by atoms with E-state index in [1.165, 1.54) is 12.8 Å². The lowest BCUT2D eigenvalue weighted by molar-refractivity contribution is 0.645. The first-order valence-corrected chi connectivity index (χ1v) is 9.25. The van der Waals surface area contributed by atoms with Crippen molar-refractivity contribution < 1.29 is 0 Å². The van der Waals surface area contributed by atoms with Crippen molar-refractivity contribution in [3.63, 3.8) is 0 Å². The van der Waals surface area contributed by atoms with E-state index in [-0.39, 0.29) is 0 Å². The number of nitrogens with zero attached hydrogens (tertiary/aromatic N) is 4. The Hall–Kier alpha value is -2.50. The van der Waals surface area contributed by atoms with Gasteiger partial charge in [-0.2, -0.15) is 0 Å². The van der Waals surface area contributed by atoms with Gasteiger partial charge in [0.2, 0.25) is 0 Å². The maximum absolute atomic E-state index is 6.46. The van der Waals surface area contributed by atoms with Gasteiger partial charge in [-0.3, -0.25) is 9.56 Å². The van der Waals surface area contributed by atoms with Gasteiger partial charge in [0.05, 0.1) is 17.9 Å². The quantitative estimate of drug-likeness (QED) is 0.771. The molecule has 3 aromatic rings. The first-order valence-electron chi connectivity index (χ1n) is 8.87. The predicted molar refractivity (Wildman–Crippen MR) is 102 cm³/mol. The Kier molecular flexibility index (Phi) is 3.84. The molecule has 0 amide bonds. The van der Waals surface area contributed by atoms with E-state index in [0.717, 1.165) is 34.2 Å². The van der Waals surface area contributed by atoms with E-state index in [9.17, 15) is 0 Å². The molecule has 0 bridgehead atoms. The summed E-state index contributed by atoms with van der Waals surface area (Å²) in [5.41, 5.74) is 3.94. The molecule has 5 rings (SSSR count). The van der Waals surface area contributed by atoms with Crippen LogP contribution in [0.3, 0.4) is 0 Å². The highest BCUT2D eigenvalue weighted by molar-refractivity contribution is 6.35. The van der Waals surface area contributed by atoms with Gasteiger partial charge in [-0.05, 0) is 25.0 Å². The summed E-state index contributed by atoms with van der Waals surface area (Å²) in [5.74, 6) is 1.78. The number of para-hydroxylation sites is 1. The molecule has 26 heavy (non-hydrogen) atoms. The average Bonchev–Trinajstić information content (AvgIpc) is 3.44. The predicted octanol–water partition coefficient (Wildman–Crippen LogP) is 3.52. The van der Waals surface area contributed by atoms with Crippen LogP contribution < -0.4 is 5.32 Å². The van der Waals surface area contributed by atoms with Crippen LogP contribution in [0.5, 0.6) is 0 Å². The number of rotatable bonds is 4. The number of hydrogen-bond acceptors (Lipinski definition) is 4. The summed E-state index contributed by atoms with van der Waals surface area (Å²) in [5, 5.41) is 13.0. The van der Waals surface area contributed by atoms with Crippen LogP contribution in [0.2, 0.25) is 5.02 Å². The molecule has 1 aromatic heterocycles. The lowest BCUT2D eigenvalue weighted by Crippen LogP contribution is -2.19. The summed E-state index contributed by atoms with van der Waals surface area (Å²) in [6.07, 6.45) is 2.49. The number of hydrogen-bond donors (Lipinski definition) is 1. The second-order valence-electron chi connectivity index (χ2n) is 6.68. The Morgan fingerprint density at radius 3 is 2.58 bits per heavy atom. The van der Waals surface area contributed by atoms with Crippen molar-refractivity contribution in [1.82, 2.24) is 20.1 Å². The molecular formula is C20H18ClN5. The fourth-order valence-electron chi connectivity index (χ4n) is 3.36. The molecular weight excluding hydrogens is 346 g/mol. The smallest absolute Gasteiger partial charge is 0.159 e. The normalized spacial score (nSPS) is 15.8. The maximum Gasteiger partial charge on any atom is 0.159 e. The third kappa shape index (κ3) is 2.73. The lowest BCUT2D eigenvalue weighted by Gasteiger charge is -2.14. The molecule has 1 aliphatic heterocycles. The first-order chi connectivity index (χ1) is 12.8. The van der Waals surface area contributed by atoms with E-state index in [0.29, 0.717) is 24.2 Å². The van der Waals surface area contributed by atoms with Crippen LogP contribution in [-0.4, -0.2) is 26.5 Å². The fraction of sp³-hybridized carbons (Fsp3) is 0.250. The highest BCUT2D eigenvalue weighted by Crippen LogP contribution is 2.28. The standard InChI is InChI=1S/C20H18ClN5/c21-16-7-3-1-5-14(16)20-15-6-2-4-8-17(15)26-18(11-22-13-9-10-13)24-25-19(26)12-23-20/h1-8,13,22H,9-12H2. The van der Waals surface area contributed by atoms with Gasteiger partial charge in [0, 0.05) is 22.2 Å². The Bertz CT molecular complexity index is 1000. The zero-order valence-corrected chi connectivity index (χ0v) is 14.9. The van der Waals surface area contributed by atoms with Crippen molar-refractivity contribution in [3.05, 3.63) is 76.3 Å². The molecule has 0 spiro atoms. The zero-order chi connectivity index (χ0) is 17.5. The van der Waals surface area contributed by atoms with E-state index < -0.39 is 0 Å². The van der Waals surface area contributed by atoms with Crippen molar-refractivity contribution in [2.24, 2.45) is 4.99 Å². The van der Waals surface area contributed by atoms with E-state index in [1.807, 2.05) is 36.4 Å². The summed E-state index contributed by atoms with van der Waals surface area (Å²) in [6.45, 7) is 1.19. The molecule has 0 saturated heterocycles. The van der Waals surface area contributed by atoms with Crippen LogP contribution in [0.1, 0.15) is 35.6 Å². The van der Waals surface area contributed by atoms with Crippen molar-refractivity contribution in [1.29, 1.82) is 0 Å². The number of halogens is 1.